The zero-order chi connectivity index (χ0) is 21.6. The molecule has 9 heteroatoms. The molecule has 3 aromatic heterocycles. The molecule has 1 aromatic carbocycles. The number of pyridine rings is 1. The monoisotopic (exact) mass is 416 g/mol. The van der Waals surface area contributed by atoms with Crippen LogP contribution in [0.4, 0.5) is 0 Å². The number of H-pyrrole nitrogens is 1. The van der Waals surface area contributed by atoms with E-state index in [-0.39, 0.29) is 11.5 Å². The van der Waals surface area contributed by atoms with Crippen molar-refractivity contribution in [3.8, 4) is 11.6 Å². The third kappa shape index (κ3) is 4.84. The van der Waals surface area contributed by atoms with Gasteiger partial charge in [0.25, 0.3) is 11.5 Å². The summed E-state index contributed by atoms with van der Waals surface area (Å²) in [7, 11) is 0. The minimum absolute atomic E-state index is 0.256. The number of hydrogen-bond acceptors (Lipinski definition) is 6. The number of hydrogen-bond donors (Lipinski definition) is 2. The average Bonchev–Trinajstić information content (AvgIpc) is 3.19. The highest BCUT2D eigenvalue weighted by Gasteiger charge is 2.15. The maximum atomic E-state index is 12.7. The number of carbonyl (C=O) groups excluding carboxylic acids is 1. The number of amides is 1. The summed E-state index contributed by atoms with van der Waals surface area (Å²) < 4.78 is 7.28. The summed E-state index contributed by atoms with van der Waals surface area (Å²) >= 11 is 0. The van der Waals surface area contributed by atoms with Crippen LogP contribution in [0.15, 0.2) is 71.8 Å². The van der Waals surface area contributed by atoms with Crippen LogP contribution in [-0.4, -0.2) is 30.9 Å². The number of benzene rings is 1. The van der Waals surface area contributed by atoms with Gasteiger partial charge in [0.15, 0.2) is 5.82 Å². The van der Waals surface area contributed by atoms with E-state index in [4.69, 9.17) is 4.74 Å². The summed E-state index contributed by atoms with van der Waals surface area (Å²) in [5, 5.41) is 13.4. The Hall–Kier alpha value is -4.27. The SMILES string of the molecule is Cc1c(C(=O)NCc2cccc(OCc3ccccn3)c2)cnn1-c1ccc(=O)[nH]n1. The van der Waals surface area contributed by atoms with Crippen molar-refractivity contribution in [2.24, 2.45) is 0 Å². The number of aromatic amines is 1. The minimum Gasteiger partial charge on any atom is -0.487 e. The van der Waals surface area contributed by atoms with E-state index in [0.717, 1.165) is 11.3 Å². The molecule has 0 aliphatic heterocycles. The molecule has 4 aromatic rings. The summed E-state index contributed by atoms with van der Waals surface area (Å²) in [5.74, 6) is 0.868. The molecular weight excluding hydrogens is 396 g/mol. The molecule has 0 atom stereocenters. The van der Waals surface area contributed by atoms with Crippen LogP contribution in [0.3, 0.4) is 0 Å². The zero-order valence-electron chi connectivity index (χ0n) is 16.8. The summed E-state index contributed by atoms with van der Waals surface area (Å²) in [6.45, 7) is 2.47. The van der Waals surface area contributed by atoms with E-state index in [9.17, 15) is 9.59 Å². The third-order valence-electron chi connectivity index (χ3n) is 4.60. The Morgan fingerprint density at radius 2 is 2.06 bits per heavy atom. The first kappa shape index (κ1) is 20.0. The van der Waals surface area contributed by atoms with Crippen LogP contribution in [0.25, 0.3) is 5.82 Å². The van der Waals surface area contributed by atoms with Crippen molar-refractivity contribution in [1.29, 1.82) is 0 Å². The quantitative estimate of drug-likeness (QED) is 0.477. The lowest BCUT2D eigenvalue weighted by molar-refractivity contribution is 0.0950. The van der Waals surface area contributed by atoms with Crippen molar-refractivity contribution in [3.63, 3.8) is 0 Å². The lowest BCUT2D eigenvalue weighted by atomic mass is 10.2. The number of nitrogens with zero attached hydrogens (tertiary/aromatic N) is 4. The maximum absolute atomic E-state index is 12.7. The minimum atomic E-state index is -0.308. The molecule has 0 saturated heterocycles. The van der Waals surface area contributed by atoms with Gasteiger partial charge in [0, 0.05) is 18.8 Å². The Bertz CT molecular complexity index is 1230. The second kappa shape index (κ2) is 9.04. The van der Waals surface area contributed by atoms with Gasteiger partial charge in [-0.25, -0.2) is 9.78 Å². The van der Waals surface area contributed by atoms with Gasteiger partial charge in [-0.2, -0.15) is 10.2 Å². The molecule has 0 unspecified atom stereocenters. The third-order valence-corrected chi connectivity index (χ3v) is 4.60. The fraction of sp³-hybridized carbons (Fsp3) is 0.136. The van der Waals surface area contributed by atoms with Crippen LogP contribution < -0.4 is 15.6 Å². The Morgan fingerprint density at radius 3 is 2.84 bits per heavy atom. The molecule has 0 saturated carbocycles. The van der Waals surface area contributed by atoms with E-state index >= 15 is 0 Å². The Kier molecular flexibility index (Phi) is 5.84. The number of ether oxygens (including phenoxy) is 1. The highest BCUT2D eigenvalue weighted by atomic mass is 16.5. The summed E-state index contributed by atoms with van der Waals surface area (Å²) in [5.41, 5.74) is 2.47. The van der Waals surface area contributed by atoms with Crippen molar-refractivity contribution in [2.45, 2.75) is 20.1 Å². The molecule has 1 amide bonds. The molecular formula is C22H20N6O3. The van der Waals surface area contributed by atoms with Crippen LogP contribution in [0.2, 0.25) is 0 Å². The van der Waals surface area contributed by atoms with E-state index in [1.807, 2.05) is 42.5 Å². The fourth-order valence-electron chi connectivity index (χ4n) is 2.98. The first-order chi connectivity index (χ1) is 15.1. The number of aromatic nitrogens is 5. The first-order valence-corrected chi connectivity index (χ1v) is 9.61. The Balaban J connectivity index is 1.39. The van der Waals surface area contributed by atoms with Gasteiger partial charge in [0.05, 0.1) is 23.1 Å². The lowest BCUT2D eigenvalue weighted by Crippen LogP contribution is -2.23. The Labute approximate surface area is 177 Å². The van der Waals surface area contributed by atoms with E-state index in [1.54, 1.807) is 13.1 Å². The van der Waals surface area contributed by atoms with Gasteiger partial charge in [-0.3, -0.25) is 14.6 Å². The number of carbonyl (C=O) groups is 1. The molecule has 0 fully saturated rings. The zero-order valence-corrected chi connectivity index (χ0v) is 16.8. The highest BCUT2D eigenvalue weighted by Crippen LogP contribution is 2.16. The van der Waals surface area contributed by atoms with Gasteiger partial charge < -0.3 is 10.1 Å². The second-order valence-corrected chi connectivity index (χ2v) is 6.77. The predicted octanol–water partition coefficient (Wildman–Crippen LogP) is 2.17. The summed E-state index contributed by atoms with van der Waals surface area (Å²) in [4.78, 5) is 28.1. The first-order valence-electron chi connectivity index (χ1n) is 9.61. The van der Waals surface area contributed by atoms with Crippen molar-refractivity contribution >= 4 is 5.91 Å². The van der Waals surface area contributed by atoms with Crippen molar-refractivity contribution in [3.05, 3.63) is 99.9 Å². The van der Waals surface area contributed by atoms with Crippen LogP contribution in [0.5, 0.6) is 5.75 Å². The molecule has 156 valence electrons. The molecule has 4 rings (SSSR count). The molecule has 31 heavy (non-hydrogen) atoms. The molecule has 3 heterocycles. The number of rotatable bonds is 7. The number of nitrogens with one attached hydrogen (secondary N) is 2. The standard InChI is InChI=1S/C22H20N6O3/c1-15-19(13-25-28(15)20-8-9-21(29)27-26-20)22(30)24-12-16-5-4-7-18(11-16)31-14-17-6-2-3-10-23-17/h2-11,13H,12,14H2,1H3,(H,24,30)(H,27,29). The smallest absolute Gasteiger partial charge is 0.264 e. The van der Waals surface area contributed by atoms with Gasteiger partial charge in [0.1, 0.15) is 12.4 Å². The lowest BCUT2D eigenvalue weighted by Gasteiger charge is -2.09. The molecule has 0 aliphatic rings. The average molecular weight is 416 g/mol. The van der Waals surface area contributed by atoms with Crippen LogP contribution in [-0.2, 0) is 13.2 Å². The van der Waals surface area contributed by atoms with Crippen LogP contribution in [0, 0.1) is 6.92 Å². The van der Waals surface area contributed by atoms with Gasteiger partial charge in [-0.05, 0) is 42.8 Å². The largest absolute Gasteiger partial charge is 0.487 e. The second-order valence-electron chi connectivity index (χ2n) is 6.77. The van der Waals surface area contributed by atoms with Crippen LogP contribution >= 0.6 is 0 Å². The van der Waals surface area contributed by atoms with Gasteiger partial charge >= 0.3 is 0 Å². The van der Waals surface area contributed by atoms with E-state index in [1.165, 1.54) is 23.0 Å². The van der Waals surface area contributed by atoms with Gasteiger partial charge in [0.2, 0.25) is 0 Å². The maximum Gasteiger partial charge on any atom is 0.264 e. The molecule has 0 bridgehead atoms. The molecule has 0 radical (unpaired) electrons. The predicted molar refractivity (Wildman–Crippen MR) is 113 cm³/mol. The highest BCUT2D eigenvalue weighted by molar-refractivity contribution is 5.95. The van der Waals surface area contributed by atoms with Crippen molar-refractivity contribution in [2.75, 3.05) is 0 Å². The Morgan fingerprint density at radius 1 is 1.16 bits per heavy atom. The van der Waals surface area contributed by atoms with E-state index in [0.29, 0.717) is 36.0 Å². The van der Waals surface area contributed by atoms with Crippen molar-refractivity contribution in [1.82, 2.24) is 30.3 Å². The fourth-order valence-corrected chi connectivity index (χ4v) is 2.98. The molecule has 0 spiro atoms. The normalized spacial score (nSPS) is 10.6. The summed E-state index contributed by atoms with van der Waals surface area (Å²) in [6, 6.07) is 16.1. The molecule has 2 N–H and O–H groups in total. The van der Waals surface area contributed by atoms with Gasteiger partial charge in [-0.1, -0.05) is 18.2 Å². The van der Waals surface area contributed by atoms with Crippen LogP contribution in [0.1, 0.15) is 27.3 Å². The van der Waals surface area contributed by atoms with E-state index in [2.05, 4.69) is 25.6 Å². The van der Waals surface area contributed by atoms with Gasteiger partial charge in [-0.15, -0.1) is 0 Å². The molecule has 9 nitrogen and oxygen atoms in total. The summed E-state index contributed by atoms with van der Waals surface area (Å²) in [6.07, 6.45) is 3.20. The molecule has 0 aliphatic carbocycles. The van der Waals surface area contributed by atoms with Crippen molar-refractivity contribution < 1.29 is 9.53 Å². The van der Waals surface area contributed by atoms with E-state index < -0.39 is 0 Å². The topological polar surface area (TPSA) is 115 Å².